The molecule has 23 heavy (non-hydrogen) atoms. The molecule has 0 N–H and O–H groups in total. The maximum atomic E-state index is 11.7. The molecule has 0 aliphatic heterocycles. The molecule has 0 atom stereocenters. The van der Waals surface area contributed by atoms with Crippen molar-refractivity contribution < 1.29 is 19.1 Å². The number of unbranched alkanes of at least 4 members (excludes halogenated alkanes) is 3. The summed E-state index contributed by atoms with van der Waals surface area (Å²) in [6.45, 7) is 2.54. The second-order valence-corrected chi connectivity index (χ2v) is 6.00. The van der Waals surface area contributed by atoms with Crippen molar-refractivity contribution in [2.45, 2.75) is 51.9 Å². The first-order valence-electron chi connectivity index (χ1n) is 7.84. The largest absolute Gasteiger partial charge is 0.466 e. The maximum Gasteiger partial charge on any atom is 0.311 e. The minimum atomic E-state index is -0.325. The summed E-state index contributed by atoms with van der Waals surface area (Å²) in [7, 11) is 0. The molecule has 0 spiro atoms. The van der Waals surface area contributed by atoms with Gasteiger partial charge < -0.3 is 9.47 Å². The van der Waals surface area contributed by atoms with Crippen LogP contribution in [0.3, 0.4) is 0 Å². The summed E-state index contributed by atoms with van der Waals surface area (Å²) in [6, 6.07) is 4.68. The highest BCUT2D eigenvalue weighted by Gasteiger charge is 2.08. The molecule has 0 radical (unpaired) electrons. The van der Waals surface area contributed by atoms with Crippen LogP contribution in [0.2, 0.25) is 10.0 Å². The molecule has 0 saturated heterocycles. The van der Waals surface area contributed by atoms with E-state index in [0.29, 0.717) is 48.1 Å². The van der Waals surface area contributed by atoms with Crippen molar-refractivity contribution in [2.75, 3.05) is 6.61 Å². The Morgan fingerprint density at radius 1 is 0.957 bits per heavy atom. The van der Waals surface area contributed by atoms with Gasteiger partial charge in [-0.1, -0.05) is 43.0 Å². The Morgan fingerprint density at radius 3 is 2.30 bits per heavy atom. The van der Waals surface area contributed by atoms with Crippen LogP contribution in [-0.2, 0) is 14.3 Å². The quantitative estimate of drug-likeness (QED) is 0.327. The van der Waals surface area contributed by atoms with Crippen molar-refractivity contribution in [1.82, 2.24) is 0 Å². The molecular weight excluding hydrogens is 339 g/mol. The number of carbonyl (C=O) groups excluding carboxylic acids is 2. The molecule has 1 aromatic rings. The number of hydrogen-bond donors (Lipinski definition) is 0. The van der Waals surface area contributed by atoms with Gasteiger partial charge in [0, 0.05) is 18.9 Å². The number of esters is 2. The molecule has 0 bridgehead atoms. The van der Waals surface area contributed by atoms with Gasteiger partial charge in [-0.2, -0.15) is 0 Å². The van der Waals surface area contributed by atoms with E-state index in [1.54, 1.807) is 12.1 Å². The molecule has 6 heteroatoms. The Labute approximate surface area is 147 Å². The van der Waals surface area contributed by atoms with E-state index in [9.17, 15) is 9.59 Å². The average Bonchev–Trinajstić information content (AvgIpc) is 2.51. The van der Waals surface area contributed by atoms with Crippen molar-refractivity contribution >= 4 is 35.1 Å². The van der Waals surface area contributed by atoms with Gasteiger partial charge in [0.15, 0.2) is 0 Å². The number of halogens is 2. The van der Waals surface area contributed by atoms with Crippen molar-refractivity contribution in [2.24, 2.45) is 0 Å². The van der Waals surface area contributed by atoms with Crippen LogP contribution in [0.25, 0.3) is 0 Å². The Bertz CT molecular complexity index is 517. The van der Waals surface area contributed by atoms with Crippen LogP contribution < -0.4 is 4.74 Å². The molecule has 0 fully saturated rings. The molecule has 0 amide bonds. The average molecular weight is 361 g/mol. The summed E-state index contributed by atoms with van der Waals surface area (Å²) in [5.41, 5.74) is 0. The predicted molar refractivity (Wildman–Crippen MR) is 91.0 cm³/mol. The number of hydrogen-bond acceptors (Lipinski definition) is 4. The molecule has 0 aliphatic carbocycles. The third-order valence-electron chi connectivity index (χ3n) is 3.15. The fraction of sp³-hybridized carbons (Fsp3) is 0.529. The van der Waals surface area contributed by atoms with E-state index in [2.05, 4.69) is 0 Å². The Hall–Kier alpha value is -1.26. The minimum Gasteiger partial charge on any atom is -0.466 e. The Morgan fingerprint density at radius 2 is 1.65 bits per heavy atom. The van der Waals surface area contributed by atoms with E-state index in [-0.39, 0.29) is 11.9 Å². The number of ether oxygens (including phenoxy) is 2. The minimum absolute atomic E-state index is 0.170. The first-order chi connectivity index (χ1) is 11.0. The fourth-order valence-electron chi connectivity index (χ4n) is 1.84. The standard InChI is InChI=1S/C17H22Cl2O4/c1-2-3-11-22-16(20)7-5-4-6-8-17(21)23-13-9-10-14(18)15(19)12-13/h9-10,12H,2-8,11H2,1H3. The molecule has 0 saturated carbocycles. The third kappa shape index (κ3) is 8.82. The van der Waals surface area contributed by atoms with E-state index in [4.69, 9.17) is 32.7 Å². The van der Waals surface area contributed by atoms with Crippen LogP contribution in [-0.4, -0.2) is 18.5 Å². The van der Waals surface area contributed by atoms with Gasteiger partial charge >= 0.3 is 11.9 Å². The van der Waals surface area contributed by atoms with Crippen LogP contribution in [0.5, 0.6) is 5.75 Å². The summed E-state index contributed by atoms with van der Waals surface area (Å²) >= 11 is 11.6. The van der Waals surface area contributed by atoms with Crippen molar-refractivity contribution in [3.63, 3.8) is 0 Å². The monoisotopic (exact) mass is 360 g/mol. The molecule has 128 valence electrons. The van der Waals surface area contributed by atoms with Crippen molar-refractivity contribution in [1.29, 1.82) is 0 Å². The molecular formula is C17H22Cl2O4. The lowest BCUT2D eigenvalue weighted by molar-refractivity contribution is -0.143. The van der Waals surface area contributed by atoms with E-state index in [1.807, 2.05) is 6.92 Å². The Balaban J connectivity index is 2.12. The van der Waals surface area contributed by atoms with Gasteiger partial charge in [-0.25, -0.2) is 0 Å². The topological polar surface area (TPSA) is 52.6 Å². The van der Waals surface area contributed by atoms with Gasteiger partial charge in [-0.3, -0.25) is 9.59 Å². The zero-order valence-electron chi connectivity index (χ0n) is 13.3. The van der Waals surface area contributed by atoms with Crippen LogP contribution in [0.15, 0.2) is 18.2 Å². The first kappa shape index (κ1) is 19.8. The van der Waals surface area contributed by atoms with E-state index in [0.717, 1.165) is 19.3 Å². The van der Waals surface area contributed by atoms with Gasteiger partial charge in [0.05, 0.1) is 16.7 Å². The van der Waals surface area contributed by atoms with Gasteiger partial charge in [0.1, 0.15) is 5.75 Å². The number of benzene rings is 1. The second kappa shape index (κ2) is 11.3. The SMILES string of the molecule is CCCCOC(=O)CCCCCC(=O)Oc1ccc(Cl)c(Cl)c1. The second-order valence-electron chi connectivity index (χ2n) is 5.18. The van der Waals surface area contributed by atoms with E-state index >= 15 is 0 Å². The lowest BCUT2D eigenvalue weighted by Gasteiger charge is -2.06. The normalized spacial score (nSPS) is 10.4. The fourth-order valence-corrected chi connectivity index (χ4v) is 2.13. The lowest BCUT2D eigenvalue weighted by atomic mass is 10.1. The predicted octanol–water partition coefficient (Wildman–Crippen LogP) is 5.19. The summed E-state index contributed by atoms with van der Waals surface area (Å²) in [6.07, 6.45) is 4.75. The van der Waals surface area contributed by atoms with Gasteiger partial charge in [-0.15, -0.1) is 0 Å². The molecule has 0 aromatic heterocycles. The lowest BCUT2D eigenvalue weighted by Crippen LogP contribution is -2.08. The van der Waals surface area contributed by atoms with Crippen molar-refractivity contribution in [3.8, 4) is 5.75 Å². The summed E-state index contributed by atoms with van der Waals surface area (Å²) < 4.78 is 10.2. The summed E-state index contributed by atoms with van der Waals surface area (Å²) in [5.74, 6) is -0.116. The molecule has 0 heterocycles. The molecule has 1 rings (SSSR count). The summed E-state index contributed by atoms with van der Waals surface area (Å²) in [4.78, 5) is 23.1. The highest BCUT2D eigenvalue weighted by molar-refractivity contribution is 6.42. The van der Waals surface area contributed by atoms with Crippen molar-refractivity contribution in [3.05, 3.63) is 28.2 Å². The smallest absolute Gasteiger partial charge is 0.311 e. The van der Waals surface area contributed by atoms with Crippen LogP contribution in [0.1, 0.15) is 51.9 Å². The molecule has 0 aliphatic rings. The van der Waals surface area contributed by atoms with Crippen LogP contribution >= 0.6 is 23.2 Å². The van der Waals surface area contributed by atoms with Gasteiger partial charge in [0.2, 0.25) is 0 Å². The Kier molecular flexibility index (Phi) is 9.72. The zero-order chi connectivity index (χ0) is 17.1. The zero-order valence-corrected chi connectivity index (χ0v) is 14.8. The maximum absolute atomic E-state index is 11.7. The number of carbonyl (C=O) groups is 2. The molecule has 1 aromatic carbocycles. The van der Waals surface area contributed by atoms with Gasteiger partial charge in [0.25, 0.3) is 0 Å². The summed E-state index contributed by atoms with van der Waals surface area (Å²) in [5, 5.41) is 0.760. The van der Waals surface area contributed by atoms with Gasteiger partial charge in [-0.05, 0) is 31.4 Å². The molecule has 0 unspecified atom stereocenters. The van der Waals surface area contributed by atoms with Crippen LogP contribution in [0.4, 0.5) is 0 Å². The molecule has 4 nitrogen and oxygen atoms in total. The third-order valence-corrected chi connectivity index (χ3v) is 3.88. The van der Waals surface area contributed by atoms with E-state index < -0.39 is 0 Å². The highest BCUT2D eigenvalue weighted by Crippen LogP contribution is 2.26. The van der Waals surface area contributed by atoms with E-state index in [1.165, 1.54) is 6.07 Å². The van der Waals surface area contributed by atoms with Crippen LogP contribution in [0, 0.1) is 0 Å². The highest BCUT2D eigenvalue weighted by atomic mass is 35.5. The first-order valence-corrected chi connectivity index (χ1v) is 8.60. The number of rotatable bonds is 10.